The largest absolute Gasteiger partial charge is 0.465 e. The van der Waals surface area contributed by atoms with Crippen LogP contribution >= 0.6 is 11.6 Å². The third-order valence-corrected chi connectivity index (χ3v) is 9.94. The lowest BCUT2D eigenvalue weighted by molar-refractivity contribution is -0.140. The molecule has 0 bridgehead atoms. The zero-order chi connectivity index (χ0) is 32.0. The van der Waals surface area contributed by atoms with Crippen LogP contribution in [0.1, 0.15) is 61.1 Å². The standard InChI is InChI=1S/C27H32F2N2O.C9H10ClNO2/c28-24-10-9-20(18-25(24)29)23-17-21(23)19-30-15-11-27(12-16-30,22-7-3-1-4-8-22)26(32)31-13-5-2-6-14-31;1-11(9(12)13)6-7-4-2-3-5-8(7)10/h1,3-4,7-10,18,21,23H,2,5-6,11-17,19H2;2-5H,6H2,1H3,(H,12,13)/t21-,23+;/m0./s1. The first-order valence-corrected chi connectivity index (χ1v) is 16.3. The van der Waals surface area contributed by atoms with Gasteiger partial charge in [-0.2, -0.15) is 0 Å². The molecule has 2 atom stereocenters. The molecule has 1 N–H and O–H groups in total. The molecule has 2 heterocycles. The number of piperidine rings is 2. The van der Waals surface area contributed by atoms with E-state index in [4.69, 9.17) is 16.7 Å². The molecule has 6 rings (SSSR count). The third-order valence-electron chi connectivity index (χ3n) is 9.57. The quantitative estimate of drug-likeness (QED) is 0.290. The summed E-state index contributed by atoms with van der Waals surface area (Å²) >= 11 is 5.85. The molecular formula is C36H42ClF2N3O3. The van der Waals surface area contributed by atoms with Crippen LogP contribution in [0.3, 0.4) is 0 Å². The maximum Gasteiger partial charge on any atom is 0.407 e. The van der Waals surface area contributed by atoms with E-state index in [1.807, 2.05) is 36.4 Å². The zero-order valence-corrected chi connectivity index (χ0v) is 26.6. The van der Waals surface area contributed by atoms with E-state index in [2.05, 4.69) is 21.9 Å². The Kier molecular flexibility index (Phi) is 10.8. The predicted molar refractivity (Wildman–Crippen MR) is 172 cm³/mol. The first kappa shape index (κ1) is 32.9. The van der Waals surface area contributed by atoms with Crippen molar-refractivity contribution in [1.82, 2.24) is 14.7 Å². The van der Waals surface area contributed by atoms with Gasteiger partial charge in [0.25, 0.3) is 0 Å². The molecule has 3 aromatic carbocycles. The van der Waals surface area contributed by atoms with Crippen molar-refractivity contribution in [3.05, 3.63) is 106 Å². The van der Waals surface area contributed by atoms with Gasteiger partial charge in [0, 0.05) is 31.7 Å². The highest BCUT2D eigenvalue weighted by atomic mass is 35.5. The number of halogens is 3. The molecule has 2 amide bonds. The fraction of sp³-hybridized carbons (Fsp3) is 0.444. The summed E-state index contributed by atoms with van der Waals surface area (Å²) in [4.78, 5) is 30.0. The molecule has 0 unspecified atom stereocenters. The molecule has 6 nitrogen and oxygen atoms in total. The minimum atomic E-state index is -0.958. The number of likely N-dealkylation sites (tertiary alicyclic amines) is 2. The fourth-order valence-corrected chi connectivity index (χ4v) is 6.98. The average molecular weight is 638 g/mol. The van der Waals surface area contributed by atoms with E-state index < -0.39 is 23.1 Å². The topological polar surface area (TPSA) is 64.1 Å². The number of benzene rings is 3. The Morgan fingerprint density at radius 1 is 0.911 bits per heavy atom. The Morgan fingerprint density at radius 3 is 2.22 bits per heavy atom. The summed E-state index contributed by atoms with van der Waals surface area (Å²) in [6, 6.07) is 21.9. The molecule has 240 valence electrons. The number of carbonyl (C=O) groups is 2. The summed E-state index contributed by atoms with van der Waals surface area (Å²) < 4.78 is 26.9. The monoisotopic (exact) mass is 637 g/mol. The second kappa shape index (κ2) is 14.7. The van der Waals surface area contributed by atoms with Crippen molar-refractivity contribution in [3.8, 4) is 0 Å². The molecule has 2 aliphatic heterocycles. The molecule has 0 spiro atoms. The Bertz CT molecular complexity index is 1460. The van der Waals surface area contributed by atoms with Crippen molar-refractivity contribution in [2.24, 2.45) is 5.92 Å². The van der Waals surface area contributed by atoms with Crippen LogP contribution in [0.4, 0.5) is 13.6 Å². The normalized spacial score (nSPS) is 20.9. The second-order valence-corrected chi connectivity index (χ2v) is 13.0. The summed E-state index contributed by atoms with van der Waals surface area (Å²) in [6.07, 6.45) is 5.18. The molecule has 0 radical (unpaired) electrons. The number of rotatable bonds is 7. The van der Waals surface area contributed by atoms with Crippen molar-refractivity contribution < 1.29 is 23.5 Å². The van der Waals surface area contributed by atoms with Crippen molar-refractivity contribution in [1.29, 1.82) is 0 Å². The van der Waals surface area contributed by atoms with Crippen LogP contribution in [-0.2, 0) is 16.8 Å². The van der Waals surface area contributed by atoms with E-state index in [0.717, 1.165) is 81.5 Å². The molecule has 1 saturated carbocycles. The van der Waals surface area contributed by atoms with Gasteiger partial charge in [0.05, 0.1) is 12.0 Å². The van der Waals surface area contributed by atoms with Gasteiger partial charge in [-0.25, -0.2) is 13.6 Å². The number of hydrogen-bond acceptors (Lipinski definition) is 3. The number of nitrogens with zero attached hydrogens (tertiary/aromatic N) is 3. The summed E-state index contributed by atoms with van der Waals surface area (Å²) in [7, 11) is 1.51. The van der Waals surface area contributed by atoms with Gasteiger partial charge < -0.3 is 19.8 Å². The van der Waals surface area contributed by atoms with E-state index in [1.54, 1.807) is 12.1 Å². The molecule has 3 aliphatic rings. The van der Waals surface area contributed by atoms with Crippen LogP contribution in [0.25, 0.3) is 0 Å². The van der Waals surface area contributed by atoms with E-state index >= 15 is 0 Å². The lowest BCUT2D eigenvalue weighted by Crippen LogP contribution is -2.54. The Labute approximate surface area is 269 Å². The molecule has 1 aliphatic carbocycles. The second-order valence-electron chi connectivity index (χ2n) is 12.6. The van der Waals surface area contributed by atoms with Crippen molar-refractivity contribution in [2.75, 3.05) is 39.8 Å². The lowest BCUT2D eigenvalue weighted by Gasteiger charge is -2.44. The smallest absolute Gasteiger partial charge is 0.407 e. The van der Waals surface area contributed by atoms with E-state index in [9.17, 15) is 18.4 Å². The average Bonchev–Trinajstić information content (AvgIpc) is 3.83. The van der Waals surface area contributed by atoms with E-state index in [0.29, 0.717) is 29.3 Å². The van der Waals surface area contributed by atoms with Crippen LogP contribution in [0.2, 0.25) is 5.02 Å². The highest BCUT2D eigenvalue weighted by Gasteiger charge is 2.47. The molecule has 3 fully saturated rings. The Balaban J connectivity index is 0.000000259. The molecule has 45 heavy (non-hydrogen) atoms. The maximum atomic E-state index is 13.8. The minimum absolute atomic E-state index is 0.314. The Hall–Kier alpha value is -3.49. The van der Waals surface area contributed by atoms with Crippen LogP contribution in [0.5, 0.6) is 0 Å². The summed E-state index contributed by atoms with van der Waals surface area (Å²) in [6.45, 7) is 4.84. The molecule has 9 heteroatoms. The summed E-state index contributed by atoms with van der Waals surface area (Å²) in [5.74, 6) is -0.412. The molecule has 2 saturated heterocycles. The number of carboxylic acid groups (broad SMARTS) is 1. The van der Waals surface area contributed by atoms with Crippen LogP contribution in [-0.4, -0.2) is 71.6 Å². The lowest BCUT2D eigenvalue weighted by atomic mass is 9.71. The van der Waals surface area contributed by atoms with Gasteiger partial charge in [-0.05, 0) is 98.3 Å². The predicted octanol–water partition coefficient (Wildman–Crippen LogP) is 7.56. The van der Waals surface area contributed by atoms with Crippen molar-refractivity contribution in [3.63, 3.8) is 0 Å². The summed E-state index contributed by atoms with van der Waals surface area (Å²) in [5.41, 5.74) is 2.46. The number of amides is 2. The van der Waals surface area contributed by atoms with Crippen molar-refractivity contribution >= 4 is 23.6 Å². The molecule has 0 aromatic heterocycles. The van der Waals surface area contributed by atoms with Gasteiger partial charge in [-0.3, -0.25) is 4.79 Å². The maximum absolute atomic E-state index is 13.8. The number of carbonyl (C=O) groups excluding carboxylic acids is 1. The highest BCUT2D eigenvalue weighted by Crippen LogP contribution is 2.49. The van der Waals surface area contributed by atoms with Crippen LogP contribution in [0.15, 0.2) is 72.8 Å². The van der Waals surface area contributed by atoms with Gasteiger partial charge in [-0.1, -0.05) is 66.2 Å². The Morgan fingerprint density at radius 2 is 1.58 bits per heavy atom. The van der Waals surface area contributed by atoms with Gasteiger partial charge >= 0.3 is 6.09 Å². The van der Waals surface area contributed by atoms with Gasteiger partial charge in [0.15, 0.2) is 11.6 Å². The van der Waals surface area contributed by atoms with Crippen LogP contribution in [0, 0.1) is 17.6 Å². The fourth-order valence-electron chi connectivity index (χ4n) is 6.78. The van der Waals surface area contributed by atoms with Gasteiger partial charge in [0.2, 0.25) is 5.91 Å². The first-order chi connectivity index (χ1) is 21.7. The van der Waals surface area contributed by atoms with Gasteiger partial charge in [-0.15, -0.1) is 0 Å². The zero-order valence-electron chi connectivity index (χ0n) is 25.8. The summed E-state index contributed by atoms with van der Waals surface area (Å²) in [5, 5.41) is 9.21. The first-order valence-electron chi connectivity index (χ1n) is 15.9. The molecule has 3 aromatic rings. The van der Waals surface area contributed by atoms with E-state index in [1.165, 1.54) is 30.5 Å². The molecular weight excluding hydrogens is 596 g/mol. The highest BCUT2D eigenvalue weighted by molar-refractivity contribution is 6.31. The SMILES string of the molecule is CN(Cc1ccccc1Cl)C(=O)O.O=C(N1CCCCC1)C1(c2ccccc2)CCN(C[C@@H]2C[C@@H]2c2ccc(F)c(F)c2)CC1. The van der Waals surface area contributed by atoms with E-state index in [-0.39, 0.29) is 0 Å². The van der Waals surface area contributed by atoms with Crippen molar-refractivity contribution in [2.45, 2.75) is 56.4 Å². The number of hydrogen-bond donors (Lipinski definition) is 1. The minimum Gasteiger partial charge on any atom is -0.465 e. The van der Waals surface area contributed by atoms with Gasteiger partial charge in [0.1, 0.15) is 0 Å². The third kappa shape index (κ3) is 8.03. The van der Waals surface area contributed by atoms with Crippen LogP contribution < -0.4 is 0 Å².